The maximum Gasteiger partial charge on any atom is 0.223 e. The number of likely N-dealkylation sites (N-methyl/N-ethyl adjacent to an activating group) is 1. The third-order valence-corrected chi connectivity index (χ3v) is 11.1. The van der Waals surface area contributed by atoms with Gasteiger partial charge < -0.3 is 14.4 Å². The second-order valence-corrected chi connectivity index (χ2v) is 12.3. The van der Waals surface area contributed by atoms with Crippen LogP contribution in [0.5, 0.6) is 0 Å². The molecule has 27 heavy (non-hydrogen) atoms. The standard InChI is InChI=1S/C16H19NO4S6/c1-4-17-9-12(19)26-27-16(9)25-14(22)10(17)15-23-8(7-18)11(24-15)13(20-5-2)21-6-3/h7,9,13,16H,4-6H2,1-3H3. The summed E-state index contributed by atoms with van der Waals surface area (Å²) in [6.07, 6.45) is 0.276. The fourth-order valence-corrected chi connectivity index (χ4v) is 10.8. The fourth-order valence-electron chi connectivity index (χ4n) is 2.81. The number of hydrogen-bond donors (Lipinski definition) is 0. The molecule has 2 fully saturated rings. The Balaban J connectivity index is 1.94. The second kappa shape index (κ2) is 9.92. The minimum atomic E-state index is -0.567. The van der Waals surface area contributed by atoms with E-state index in [0.29, 0.717) is 24.7 Å². The van der Waals surface area contributed by atoms with E-state index in [2.05, 4.69) is 4.90 Å². The molecule has 0 aromatic heterocycles. The number of allylic oxidation sites excluding steroid dienone is 1. The lowest BCUT2D eigenvalue weighted by molar-refractivity contribution is -0.114. The Labute approximate surface area is 185 Å². The van der Waals surface area contributed by atoms with Gasteiger partial charge in [0.2, 0.25) is 5.12 Å². The van der Waals surface area contributed by atoms with Gasteiger partial charge in [-0.1, -0.05) is 58.3 Å². The Morgan fingerprint density at radius 3 is 2.52 bits per heavy atom. The number of hydrogen-bond acceptors (Lipinski definition) is 11. The number of ether oxygens (including phenoxy) is 2. The average Bonchev–Trinajstić information content (AvgIpc) is 3.24. The molecule has 0 radical (unpaired) electrons. The predicted molar refractivity (Wildman–Crippen MR) is 123 cm³/mol. The van der Waals surface area contributed by atoms with Crippen molar-refractivity contribution in [2.24, 2.45) is 0 Å². The number of aldehydes is 1. The van der Waals surface area contributed by atoms with Crippen LogP contribution < -0.4 is 0 Å². The van der Waals surface area contributed by atoms with Gasteiger partial charge in [-0.3, -0.25) is 9.59 Å². The Morgan fingerprint density at radius 2 is 1.93 bits per heavy atom. The zero-order chi connectivity index (χ0) is 19.6. The summed E-state index contributed by atoms with van der Waals surface area (Å²) in [5, 5.41) is 0.165. The van der Waals surface area contributed by atoms with Gasteiger partial charge in [0.25, 0.3) is 0 Å². The van der Waals surface area contributed by atoms with Crippen molar-refractivity contribution in [2.45, 2.75) is 37.7 Å². The normalized spacial score (nSPS) is 28.5. The Morgan fingerprint density at radius 1 is 1.22 bits per heavy atom. The first-order valence-corrected chi connectivity index (χ1v) is 13.6. The van der Waals surface area contributed by atoms with Crippen LogP contribution >= 0.6 is 69.1 Å². The van der Waals surface area contributed by atoms with Crippen LogP contribution in [0.1, 0.15) is 20.8 Å². The fraction of sp³-hybridized carbons (Fsp3) is 0.562. The van der Waals surface area contributed by atoms with Crippen LogP contribution in [0.4, 0.5) is 0 Å². The summed E-state index contributed by atoms with van der Waals surface area (Å²) in [5.41, 5.74) is 0.881. The summed E-state index contributed by atoms with van der Waals surface area (Å²) in [4.78, 5) is 27.5. The lowest BCUT2D eigenvalue weighted by atomic mass is 10.2. The second-order valence-electron chi connectivity index (χ2n) is 5.43. The molecule has 5 nitrogen and oxygen atoms in total. The molecule has 3 aliphatic heterocycles. The molecule has 2 saturated heterocycles. The number of thiocarbonyl (C=S) groups is 1. The van der Waals surface area contributed by atoms with Gasteiger partial charge in [0.05, 0.1) is 28.5 Å². The highest BCUT2D eigenvalue weighted by atomic mass is 33.1. The average molecular weight is 482 g/mol. The smallest absolute Gasteiger partial charge is 0.223 e. The molecule has 0 aromatic rings. The van der Waals surface area contributed by atoms with Crippen molar-refractivity contribution in [2.75, 3.05) is 19.8 Å². The number of rotatable bonds is 7. The summed E-state index contributed by atoms with van der Waals surface area (Å²) >= 11 is 10.1. The third kappa shape index (κ3) is 4.45. The van der Waals surface area contributed by atoms with Crippen molar-refractivity contribution in [1.29, 1.82) is 0 Å². The van der Waals surface area contributed by atoms with Crippen molar-refractivity contribution in [1.82, 2.24) is 4.90 Å². The number of carbonyl (C=O) groups is 2. The van der Waals surface area contributed by atoms with Crippen molar-refractivity contribution < 1.29 is 19.1 Å². The van der Waals surface area contributed by atoms with Crippen molar-refractivity contribution in [3.8, 4) is 0 Å². The number of carbonyl (C=O) groups excluding carboxylic acids is 2. The maximum atomic E-state index is 12.4. The lowest BCUT2D eigenvalue weighted by Gasteiger charge is -2.38. The Hall–Kier alpha value is 0.380. The highest BCUT2D eigenvalue weighted by Crippen LogP contribution is 2.57. The largest absolute Gasteiger partial charge is 0.356 e. The van der Waals surface area contributed by atoms with Crippen LogP contribution in [0.25, 0.3) is 0 Å². The van der Waals surface area contributed by atoms with Crippen LogP contribution in [-0.4, -0.2) is 57.2 Å². The van der Waals surface area contributed by atoms with Gasteiger partial charge in [-0.2, -0.15) is 0 Å². The van der Waals surface area contributed by atoms with E-state index in [9.17, 15) is 9.59 Å². The molecule has 3 rings (SSSR count). The molecule has 0 saturated carbocycles. The monoisotopic (exact) mass is 481 g/mol. The predicted octanol–water partition coefficient (Wildman–Crippen LogP) is 4.46. The van der Waals surface area contributed by atoms with Gasteiger partial charge in [-0.15, -0.1) is 0 Å². The Bertz CT molecular complexity index is 703. The van der Waals surface area contributed by atoms with Gasteiger partial charge in [-0.25, -0.2) is 0 Å². The lowest BCUT2D eigenvalue weighted by Crippen LogP contribution is -2.47. The minimum Gasteiger partial charge on any atom is -0.356 e. The third-order valence-electron chi connectivity index (χ3n) is 3.90. The van der Waals surface area contributed by atoms with Gasteiger partial charge in [-0.05, 0) is 31.6 Å². The van der Waals surface area contributed by atoms with Crippen molar-refractivity contribution >= 4 is 84.7 Å². The molecule has 3 aliphatic rings. The molecule has 0 bridgehead atoms. The summed E-state index contributed by atoms with van der Waals surface area (Å²) in [6, 6.07) is -0.191. The van der Waals surface area contributed by atoms with Crippen LogP contribution in [0, 0.1) is 0 Å². The van der Waals surface area contributed by atoms with Crippen molar-refractivity contribution in [3.63, 3.8) is 0 Å². The number of fused-ring (bicyclic) bond motifs is 1. The van der Waals surface area contributed by atoms with Crippen LogP contribution in [-0.2, 0) is 19.1 Å². The summed E-state index contributed by atoms with van der Waals surface area (Å²) in [5.74, 6) is 0. The van der Waals surface area contributed by atoms with E-state index in [-0.39, 0.29) is 15.7 Å². The number of nitrogens with zero attached hydrogens (tertiary/aromatic N) is 1. The molecular formula is C16H19NO4S6. The highest BCUT2D eigenvalue weighted by molar-refractivity contribution is 8.84. The zero-order valence-electron chi connectivity index (χ0n) is 15.0. The first-order chi connectivity index (χ1) is 13.0. The zero-order valence-corrected chi connectivity index (χ0v) is 19.9. The molecule has 0 amide bonds. The molecule has 148 valence electrons. The maximum absolute atomic E-state index is 12.4. The van der Waals surface area contributed by atoms with E-state index >= 15 is 0 Å². The molecule has 0 spiro atoms. The molecular weight excluding hydrogens is 463 g/mol. The SMILES string of the molecule is CCOC(OCC)C1=C(C=O)SC(=C2C(=S)SC3SSC(=O)C3N2CC)S1. The quantitative estimate of drug-likeness (QED) is 0.170. The molecule has 11 heteroatoms. The highest BCUT2D eigenvalue weighted by Gasteiger charge is 2.48. The molecule has 2 atom stereocenters. The van der Waals surface area contributed by atoms with Gasteiger partial charge >= 0.3 is 0 Å². The van der Waals surface area contributed by atoms with Gasteiger partial charge in [0, 0.05) is 19.8 Å². The first kappa shape index (κ1) is 22.1. The molecule has 0 aromatic carbocycles. The van der Waals surface area contributed by atoms with E-state index in [1.807, 2.05) is 20.8 Å². The number of thioether (sulfide) groups is 3. The molecule has 2 unspecified atom stereocenters. The molecule has 3 heterocycles. The van der Waals surface area contributed by atoms with Crippen LogP contribution in [0.15, 0.2) is 19.7 Å². The van der Waals surface area contributed by atoms with Crippen LogP contribution in [0.2, 0.25) is 0 Å². The van der Waals surface area contributed by atoms with E-state index in [1.165, 1.54) is 34.3 Å². The summed E-state index contributed by atoms with van der Waals surface area (Å²) < 4.78 is 13.2. The van der Waals surface area contributed by atoms with Gasteiger partial charge in [0.15, 0.2) is 12.6 Å². The Kier molecular flexibility index (Phi) is 8.11. The topological polar surface area (TPSA) is 55.8 Å². The van der Waals surface area contributed by atoms with Gasteiger partial charge in [0.1, 0.15) is 6.04 Å². The van der Waals surface area contributed by atoms with E-state index < -0.39 is 6.29 Å². The molecule has 0 aliphatic carbocycles. The molecule has 0 N–H and O–H groups in total. The summed E-state index contributed by atoms with van der Waals surface area (Å²) in [6.45, 7) is 7.47. The van der Waals surface area contributed by atoms with E-state index in [4.69, 9.17) is 21.7 Å². The van der Waals surface area contributed by atoms with Crippen LogP contribution in [0.3, 0.4) is 0 Å². The van der Waals surface area contributed by atoms with Crippen molar-refractivity contribution in [3.05, 3.63) is 19.7 Å². The first-order valence-electron chi connectivity index (χ1n) is 8.42. The summed E-state index contributed by atoms with van der Waals surface area (Å²) in [7, 11) is 2.89. The minimum absolute atomic E-state index is 0.119. The van der Waals surface area contributed by atoms with E-state index in [0.717, 1.165) is 25.3 Å². The van der Waals surface area contributed by atoms with E-state index in [1.54, 1.807) is 22.6 Å².